The van der Waals surface area contributed by atoms with Crippen LogP contribution in [-0.4, -0.2) is 6.54 Å². The molecule has 2 nitrogen and oxygen atoms in total. The molecule has 0 amide bonds. The third-order valence-electron chi connectivity index (χ3n) is 4.11. The van der Waals surface area contributed by atoms with Gasteiger partial charge >= 0.3 is 0 Å². The van der Waals surface area contributed by atoms with Crippen molar-refractivity contribution >= 4 is 11.0 Å². The van der Waals surface area contributed by atoms with Crippen molar-refractivity contribution in [3.8, 4) is 0 Å². The molecule has 1 fully saturated rings. The summed E-state index contributed by atoms with van der Waals surface area (Å²) in [4.78, 5) is 0. The molecule has 0 bridgehead atoms. The summed E-state index contributed by atoms with van der Waals surface area (Å²) in [7, 11) is 0. The van der Waals surface area contributed by atoms with Crippen molar-refractivity contribution in [2.24, 2.45) is 5.41 Å². The van der Waals surface area contributed by atoms with Gasteiger partial charge in [-0.3, -0.25) is 0 Å². The molecular weight excluding hydrogens is 222 g/mol. The summed E-state index contributed by atoms with van der Waals surface area (Å²) in [5, 5.41) is 4.85. The summed E-state index contributed by atoms with van der Waals surface area (Å²) in [6.07, 6.45) is 7.36. The summed E-state index contributed by atoms with van der Waals surface area (Å²) in [6, 6.07) is 8.25. The largest absolute Gasteiger partial charge is 0.464 e. The lowest BCUT2D eigenvalue weighted by Crippen LogP contribution is -2.23. The van der Waals surface area contributed by atoms with Crippen LogP contribution in [0.5, 0.6) is 0 Å². The zero-order chi connectivity index (χ0) is 12.4. The number of hydrogen-bond acceptors (Lipinski definition) is 2. The van der Waals surface area contributed by atoms with Crippen LogP contribution < -0.4 is 5.32 Å². The van der Waals surface area contributed by atoms with E-state index in [2.05, 4.69) is 24.4 Å². The van der Waals surface area contributed by atoms with Crippen LogP contribution in [0, 0.1) is 5.41 Å². The monoisotopic (exact) mass is 243 g/mol. The molecule has 0 unspecified atom stereocenters. The van der Waals surface area contributed by atoms with Crippen molar-refractivity contribution < 1.29 is 4.42 Å². The third kappa shape index (κ3) is 2.30. The fourth-order valence-electron chi connectivity index (χ4n) is 2.85. The van der Waals surface area contributed by atoms with Gasteiger partial charge in [0.15, 0.2) is 0 Å². The van der Waals surface area contributed by atoms with E-state index in [0.717, 1.165) is 18.7 Å². The molecule has 0 atom stereocenters. The molecular formula is C16H21NO. The number of fused-ring (bicyclic) bond motifs is 1. The molecule has 18 heavy (non-hydrogen) atoms. The van der Waals surface area contributed by atoms with Crippen LogP contribution in [0.1, 0.15) is 38.2 Å². The molecule has 2 aromatic rings. The Morgan fingerprint density at radius 3 is 2.89 bits per heavy atom. The molecule has 1 saturated carbocycles. The van der Waals surface area contributed by atoms with Crippen molar-refractivity contribution in [3.05, 3.63) is 36.1 Å². The van der Waals surface area contributed by atoms with E-state index in [1.54, 1.807) is 0 Å². The van der Waals surface area contributed by atoms with Crippen LogP contribution in [0.15, 0.2) is 34.9 Å². The number of nitrogens with one attached hydrogen (secondary N) is 1. The van der Waals surface area contributed by atoms with Gasteiger partial charge in [0.2, 0.25) is 0 Å². The Morgan fingerprint density at radius 1 is 1.28 bits per heavy atom. The van der Waals surface area contributed by atoms with Gasteiger partial charge in [0.05, 0.1) is 6.26 Å². The van der Waals surface area contributed by atoms with Crippen LogP contribution in [-0.2, 0) is 6.54 Å². The fourth-order valence-corrected chi connectivity index (χ4v) is 2.85. The van der Waals surface area contributed by atoms with Gasteiger partial charge in [-0.25, -0.2) is 0 Å². The first-order valence-corrected chi connectivity index (χ1v) is 6.99. The van der Waals surface area contributed by atoms with Crippen LogP contribution in [0.3, 0.4) is 0 Å². The number of benzene rings is 1. The van der Waals surface area contributed by atoms with Crippen LogP contribution in [0.25, 0.3) is 11.0 Å². The van der Waals surface area contributed by atoms with E-state index in [0.29, 0.717) is 5.41 Å². The molecule has 2 heteroatoms. The third-order valence-corrected chi connectivity index (χ3v) is 4.11. The molecule has 1 aromatic heterocycles. The molecule has 1 aliphatic rings. The Morgan fingerprint density at radius 2 is 2.11 bits per heavy atom. The molecule has 1 heterocycles. The van der Waals surface area contributed by atoms with E-state index in [9.17, 15) is 0 Å². The minimum absolute atomic E-state index is 0.619. The molecule has 0 aliphatic heterocycles. The number of furan rings is 1. The van der Waals surface area contributed by atoms with E-state index in [4.69, 9.17) is 4.42 Å². The van der Waals surface area contributed by atoms with Crippen molar-refractivity contribution in [1.82, 2.24) is 5.32 Å². The summed E-state index contributed by atoms with van der Waals surface area (Å²) in [6.45, 7) is 4.35. The Bertz CT molecular complexity index is 525. The van der Waals surface area contributed by atoms with Gasteiger partial charge < -0.3 is 9.73 Å². The van der Waals surface area contributed by atoms with Gasteiger partial charge in [0, 0.05) is 24.0 Å². The van der Waals surface area contributed by atoms with Gasteiger partial charge in [-0.2, -0.15) is 0 Å². The molecule has 1 aliphatic carbocycles. The standard InChI is InChI=1S/C16H21NO/c1-2-7-16(8-9-16)12-17-10-13-11-18-15-6-4-3-5-14(13)15/h3-6,11,17H,2,7-10,12H2,1H3. The fraction of sp³-hybridized carbons (Fsp3) is 0.500. The maximum Gasteiger partial charge on any atom is 0.134 e. The molecule has 0 spiro atoms. The maximum atomic E-state index is 5.55. The van der Waals surface area contributed by atoms with Gasteiger partial charge in [-0.05, 0) is 30.7 Å². The Labute approximate surface area is 108 Å². The maximum absolute atomic E-state index is 5.55. The average Bonchev–Trinajstić information content (AvgIpc) is 3.02. The highest BCUT2D eigenvalue weighted by Crippen LogP contribution is 2.48. The average molecular weight is 243 g/mol. The molecule has 0 radical (unpaired) electrons. The molecule has 96 valence electrons. The van der Waals surface area contributed by atoms with E-state index in [1.807, 2.05) is 18.4 Å². The second-order valence-corrected chi connectivity index (χ2v) is 5.61. The van der Waals surface area contributed by atoms with E-state index < -0.39 is 0 Å². The molecule has 1 N–H and O–H groups in total. The first-order valence-electron chi connectivity index (χ1n) is 6.99. The molecule has 1 aromatic carbocycles. The summed E-state index contributed by atoms with van der Waals surface area (Å²) < 4.78 is 5.55. The Balaban J connectivity index is 1.60. The minimum Gasteiger partial charge on any atom is -0.464 e. The normalized spacial score (nSPS) is 17.2. The number of hydrogen-bond donors (Lipinski definition) is 1. The number of rotatable bonds is 6. The minimum atomic E-state index is 0.619. The second kappa shape index (κ2) is 4.77. The smallest absolute Gasteiger partial charge is 0.134 e. The molecule has 3 rings (SSSR count). The van der Waals surface area contributed by atoms with E-state index in [-0.39, 0.29) is 0 Å². The highest BCUT2D eigenvalue weighted by Gasteiger charge is 2.40. The molecule has 0 saturated heterocycles. The highest BCUT2D eigenvalue weighted by molar-refractivity contribution is 5.80. The summed E-state index contributed by atoms with van der Waals surface area (Å²) >= 11 is 0. The second-order valence-electron chi connectivity index (χ2n) is 5.61. The lowest BCUT2D eigenvalue weighted by molar-refractivity contribution is 0.420. The quantitative estimate of drug-likeness (QED) is 0.826. The van der Waals surface area contributed by atoms with Crippen LogP contribution in [0.4, 0.5) is 0 Å². The van der Waals surface area contributed by atoms with Crippen LogP contribution in [0.2, 0.25) is 0 Å². The van der Waals surface area contributed by atoms with Crippen molar-refractivity contribution in [2.75, 3.05) is 6.54 Å². The van der Waals surface area contributed by atoms with Crippen molar-refractivity contribution in [3.63, 3.8) is 0 Å². The van der Waals surface area contributed by atoms with Gasteiger partial charge in [-0.15, -0.1) is 0 Å². The lowest BCUT2D eigenvalue weighted by Gasteiger charge is -2.14. The van der Waals surface area contributed by atoms with E-state index in [1.165, 1.54) is 36.6 Å². The van der Waals surface area contributed by atoms with Gasteiger partial charge in [0.25, 0.3) is 0 Å². The Hall–Kier alpha value is -1.28. The summed E-state index contributed by atoms with van der Waals surface area (Å²) in [5.41, 5.74) is 2.88. The van der Waals surface area contributed by atoms with Gasteiger partial charge in [-0.1, -0.05) is 31.5 Å². The van der Waals surface area contributed by atoms with Crippen LogP contribution >= 0.6 is 0 Å². The topological polar surface area (TPSA) is 25.2 Å². The number of para-hydroxylation sites is 1. The first-order chi connectivity index (χ1) is 8.83. The zero-order valence-electron chi connectivity index (χ0n) is 11.0. The van der Waals surface area contributed by atoms with Gasteiger partial charge in [0.1, 0.15) is 5.58 Å². The highest BCUT2D eigenvalue weighted by atomic mass is 16.3. The Kier molecular flexibility index (Phi) is 3.13. The van der Waals surface area contributed by atoms with Crippen molar-refractivity contribution in [2.45, 2.75) is 39.2 Å². The predicted molar refractivity (Wildman–Crippen MR) is 74.5 cm³/mol. The van der Waals surface area contributed by atoms with Crippen molar-refractivity contribution in [1.29, 1.82) is 0 Å². The van der Waals surface area contributed by atoms with E-state index >= 15 is 0 Å². The predicted octanol–water partition coefficient (Wildman–Crippen LogP) is 4.10. The summed E-state index contributed by atoms with van der Waals surface area (Å²) in [5.74, 6) is 0. The zero-order valence-corrected chi connectivity index (χ0v) is 11.0. The SMILES string of the molecule is CCCC1(CNCc2coc3ccccc23)CC1. The lowest BCUT2D eigenvalue weighted by atomic mass is 10.0. The first kappa shape index (κ1) is 11.8.